The van der Waals surface area contributed by atoms with E-state index in [-0.39, 0.29) is 37.0 Å². The van der Waals surface area contributed by atoms with Gasteiger partial charge >= 0.3 is 5.97 Å². The van der Waals surface area contributed by atoms with Gasteiger partial charge in [-0.15, -0.1) is 0 Å². The molecule has 162 valence electrons. The number of amides is 1. The molecule has 0 aliphatic carbocycles. The minimum Gasteiger partial charge on any atom is -0.463 e. The Morgan fingerprint density at radius 2 is 1.87 bits per heavy atom. The van der Waals surface area contributed by atoms with Crippen molar-refractivity contribution in [3.05, 3.63) is 77.5 Å². The predicted octanol–water partition coefficient (Wildman–Crippen LogP) is 3.39. The van der Waals surface area contributed by atoms with Gasteiger partial charge in [-0.25, -0.2) is 0 Å². The van der Waals surface area contributed by atoms with Gasteiger partial charge in [-0.3, -0.25) is 14.5 Å². The topological polar surface area (TPSA) is 59.1 Å². The fourth-order valence-electron chi connectivity index (χ4n) is 4.18. The molecule has 6 nitrogen and oxygen atoms in total. The molecule has 0 saturated carbocycles. The molecule has 2 aliphatic rings. The Bertz CT molecular complexity index is 944. The smallest absolute Gasteiger partial charge is 0.308 e. The van der Waals surface area contributed by atoms with Crippen molar-refractivity contribution in [3.63, 3.8) is 0 Å². The Kier molecular flexibility index (Phi) is 6.79. The van der Waals surface area contributed by atoms with Crippen LogP contribution in [0.1, 0.15) is 36.1 Å². The largest absolute Gasteiger partial charge is 0.463 e. The molecule has 2 heterocycles. The number of carbonyl (C=O) groups excluding carboxylic acids is 2. The molecule has 31 heavy (non-hydrogen) atoms. The number of morpholine rings is 1. The summed E-state index contributed by atoms with van der Waals surface area (Å²) in [6.07, 6.45) is 3.61. The molecule has 1 fully saturated rings. The second-order valence-corrected chi connectivity index (χ2v) is 7.99. The summed E-state index contributed by atoms with van der Waals surface area (Å²) in [5, 5.41) is 0. The number of carbonyl (C=O) groups is 2. The minimum atomic E-state index is -0.354. The third-order valence-electron chi connectivity index (χ3n) is 5.73. The first kappa shape index (κ1) is 21.3. The van der Waals surface area contributed by atoms with E-state index in [4.69, 9.17) is 9.47 Å². The quantitative estimate of drug-likeness (QED) is 0.671. The molecule has 4 rings (SSSR count). The van der Waals surface area contributed by atoms with Gasteiger partial charge in [0, 0.05) is 32.8 Å². The van der Waals surface area contributed by atoms with Gasteiger partial charge in [-0.05, 0) is 22.8 Å². The summed E-state index contributed by atoms with van der Waals surface area (Å²) in [6.45, 7) is 4.78. The lowest BCUT2D eigenvalue weighted by Gasteiger charge is -2.33. The Balaban J connectivity index is 1.32. The highest BCUT2D eigenvalue weighted by Crippen LogP contribution is 2.33. The molecule has 0 spiro atoms. The van der Waals surface area contributed by atoms with Gasteiger partial charge in [0.15, 0.2) is 0 Å². The van der Waals surface area contributed by atoms with Crippen molar-refractivity contribution in [1.29, 1.82) is 0 Å². The lowest BCUT2D eigenvalue weighted by molar-refractivity contribution is -0.152. The van der Waals surface area contributed by atoms with Gasteiger partial charge < -0.3 is 14.4 Å². The standard InChI is InChI=1S/C25H28N2O4/c1-19(28)27-12-11-21-9-5-6-10-23(21)24(27)15-25(29)31-18-22-17-26(13-14-30-22)16-20-7-3-2-4-8-20/h2-12,22,24H,13-18H2,1H3. The number of rotatable bonds is 6. The van der Waals surface area contributed by atoms with E-state index in [1.54, 1.807) is 11.1 Å². The van der Waals surface area contributed by atoms with Crippen molar-refractivity contribution < 1.29 is 19.1 Å². The van der Waals surface area contributed by atoms with Crippen LogP contribution in [0.3, 0.4) is 0 Å². The zero-order valence-electron chi connectivity index (χ0n) is 17.8. The molecule has 0 radical (unpaired) electrons. The van der Waals surface area contributed by atoms with Gasteiger partial charge in [0.2, 0.25) is 5.91 Å². The van der Waals surface area contributed by atoms with Crippen molar-refractivity contribution in [2.75, 3.05) is 26.3 Å². The van der Waals surface area contributed by atoms with Gasteiger partial charge in [0.25, 0.3) is 0 Å². The lowest BCUT2D eigenvalue weighted by Crippen LogP contribution is -2.44. The van der Waals surface area contributed by atoms with E-state index in [1.807, 2.05) is 48.5 Å². The van der Waals surface area contributed by atoms with Crippen LogP contribution in [0, 0.1) is 0 Å². The minimum absolute atomic E-state index is 0.101. The number of hydrogen-bond donors (Lipinski definition) is 0. The van der Waals surface area contributed by atoms with Crippen LogP contribution < -0.4 is 0 Å². The number of esters is 1. The summed E-state index contributed by atoms with van der Waals surface area (Å²) >= 11 is 0. The second-order valence-electron chi connectivity index (χ2n) is 7.99. The highest BCUT2D eigenvalue weighted by atomic mass is 16.6. The summed E-state index contributed by atoms with van der Waals surface area (Å²) in [5.74, 6) is -0.430. The van der Waals surface area contributed by atoms with Crippen LogP contribution in [0.25, 0.3) is 6.08 Å². The molecule has 0 N–H and O–H groups in total. The number of nitrogens with zero attached hydrogens (tertiary/aromatic N) is 2. The average molecular weight is 421 g/mol. The number of hydrogen-bond acceptors (Lipinski definition) is 5. The van der Waals surface area contributed by atoms with E-state index in [9.17, 15) is 9.59 Å². The van der Waals surface area contributed by atoms with Gasteiger partial charge in [-0.2, -0.15) is 0 Å². The molecule has 2 aromatic rings. The highest BCUT2D eigenvalue weighted by molar-refractivity contribution is 5.80. The second kappa shape index (κ2) is 9.90. The Labute approximate surface area is 183 Å². The van der Waals surface area contributed by atoms with Crippen LogP contribution in [0.2, 0.25) is 0 Å². The van der Waals surface area contributed by atoms with Crippen molar-refractivity contribution in [2.45, 2.75) is 32.0 Å². The predicted molar refractivity (Wildman–Crippen MR) is 118 cm³/mol. The van der Waals surface area contributed by atoms with Crippen LogP contribution in [0.5, 0.6) is 0 Å². The van der Waals surface area contributed by atoms with Crippen molar-refractivity contribution >= 4 is 18.0 Å². The maximum Gasteiger partial charge on any atom is 0.308 e. The van der Waals surface area contributed by atoms with Crippen LogP contribution in [0.4, 0.5) is 0 Å². The highest BCUT2D eigenvalue weighted by Gasteiger charge is 2.29. The van der Waals surface area contributed by atoms with E-state index in [1.165, 1.54) is 12.5 Å². The van der Waals surface area contributed by atoms with Crippen molar-refractivity contribution in [2.24, 2.45) is 0 Å². The Hall–Kier alpha value is -2.96. The van der Waals surface area contributed by atoms with Gasteiger partial charge in [0.1, 0.15) is 12.7 Å². The molecule has 2 aliphatic heterocycles. The van der Waals surface area contributed by atoms with Crippen molar-refractivity contribution in [1.82, 2.24) is 9.80 Å². The summed E-state index contributed by atoms with van der Waals surface area (Å²) < 4.78 is 11.4. The first-order valence-corrected chi connectivity index (χ1v) is 10.7. The van der Waals surface area contributed by atoms with Crippen molar-refractivity contribution in [3.8, 4) is 0 Å². The fourth-order valence-corrected chi connectivity index (χ4v) is 4.18. The zero-order valence-corrected chi connectivity index (χ0v) is 17.8. The number of fused-ring (bicyclic) bond motifs is 1. The zero-order chi connectivity index (χ0) is 21.6. The maximum absolute atomic E-state index is 12.7. The fraction of sp³-hybridized carbons (Fsp3) is 0.360. The number of benzene rings is 2. The Morgan fingerprint density at radius 1 is 1.10 bits per heavy atom. The van der Waals surface area contributed by atoms with Crippen LogP contribution >= 0.6 is 0 Å². The third-order valence-corrected chi connectivity index (χ3v) is 5.73. The SMILES string of the molecule is CC(=O)N1C=Cc2ccccc2C1CC(=O)OCC1CN(Cc2ccccc2)CCO1. The number of ether oxygens (including phenoxy) is 2. The van der Waals surface area contributed by atoms with Gasteiger partial charge in [-0.1, -0.05) is 54.6 Å². The molecule has 2 atom stereocenters. The van der Waals surface area contributed by atoms with E-state index in [2.05, 4.69) is 17.0 Å². The maximum atomic E-state index is 12.7. The molecule has 6 heteroatoms. The molecule has 0 aromatic heterocycles. The Morgan fingerprint density at radius 3 is 2.68 bits per heavy atom. The molecule has 2 aromatic carbocycles. The summed E-state index contributed by atoms with van der Waals surface area (Å²) in [7, 11) is 0. The van der Waals surface area contributed by atoms with Crippen LogP contribution in [-0.2, 0) is 25.6 Å². The van der Waals surface area contributed by atoms with Crippen LogP contribution in [0.15, 0.2) is 60.8 Å². The average Bonchev–Trinajstić information content (AvgIpc) is 2.79. The normalized spacial score (nSPS) is 20.9. The molecule has 1 amide bonds. The molecule has 1 saturated heterocycles. The molecule has 0 bridgehead atoms. The summed E-state index contributed by atoms with van der Waals surface area (Å²) in [5.41, 5.74) is 3.23. The van der Waals surface area contributed by atoms with Gasteiger partial charge in [0.05, 0.1) is 19.1 Å². The van der Waals surface area contributed by atoms with E-state index >= 15 is 0 Å². The van der Waals surface area contributed by atoms with E-state index in [0.717, 1.165) is 30.8 Å². The summed E-state index contributed by atoms with van der Waals surface area (Å²) in [6, 6.07) is 17.8. The first-order valence-electron chi connectivity index (χ1n) is 10.7. The van der Waals surface area contributed by atoms with E-state index < -0.39 is 0 Å². The van der Waals surface area contributed by atoms with E-state index in [0.29, 0.717) is 6.61 Å². The molecular formula is C25H28N2O4. The third kappa shape index (κ3) is 5.40. The first-order chi connectivity index (χ1) is 15.1. The lowest BCUT2D eigenvalue weighted by atomic mass is 9.94. The molecular weight excluding hydrogens is 392 g/mol. The monoisotopic (exact) mass is 420 g/mol. The summed E-state index contributed by atoms with van der Waals surface area (Å²) in [4.78, 5) is 28.7. The van der Waals surface area contributed by atoms with Crippen LogP contribution in [-0.4, -0.2) is 54.1 Å². The molecule has 2 unspecified atom stereocenters.